The predicted molar refractivity (Wildman–Crippen MR) is 61.8 cm³/mol. The van der Waals surface area contributed by atoms with E-state index in [2.05, 4.69) is 6.58 Å². The van der Waals surface area contributed by atoms with Crippen molar-refractivity contribution in [1.82, 2.24) is 0 Å². The van der Waals surface area contributed by atoms with Gasteiger partial charge in [0.2, 0.25) is 0 Å². The van der Waals surface area contributed by atoms with Gasteiger partial charge in [0.05, 0.1) is 13.2 Å². The standard InChI is InChI=1S/C10H22O4Si/c1-6-14-15(11-4,12-5)8-7-13-9-10(2)3/h2,6-9H2,1,3-5H3. The van der Waals surface area contributed by atoms with Crippen molar-refractivity contribution in [2.45, 2.75) is 19.9 Å². The fourth-order valence-corrected chi connectivity index (χ4v) is 2.93. The zero-order valence-corrected chi connectivity index (χ0v) is 11.2. The van der Waals surface area contributed by atoms with Crippen molar-refractivity contribution in [3.63, 3.8) is 0 Å². The minimum Gasteiger partial charge on any atom is -0.377 e. The molecule has 0 amide bonds. The Bertz CT molecular complexity index is 180. The highest BCUT2D eigenvalue weighted by molar-refractivity contribution is 6.60. The molecule has 15 heavy (non-hydrogen) atoms. The van der Waals surface area contributed by atoms with Crippen molar-refractivity contribution in [2.24, 2.45) is 0 Å². The van der Waals surface area contributed by atoms with Crippen LogP contribution in [0.15, 0.2) is 12.2 Å². The van der Waals surface area contributed by atoms with E-state index >= 15 is 0 Å². The highest BCUT2D eigenvalue weighted by atomic mass is 28.4. The Kier molecular flexibility index (Phi) is 7.90. The summed E-state index contributed by atoms with van der Waals surface area (Å²) in [5, 5.41) is 0. The van der Waals surface area contributed by atoms with Gasteiger partial charge in [-0.15, -0.1) is 0 Å². The fraction of sp³-hybridized carbons (Fsp3) is 0.800. The SMILES string of the molecule is C=C(C)COCC[Si](OC)(OC)OCC. The Labute approximate surface area is 93.5 Å². The lowest BCUT2D eigenvalue weighted by atomic mass is 10.4. The first-order valence-corrected chi connectivity index (χ1v) is 6.99. The van der Waals surface area contributed by atoms with Crippen LogP contribution in [0.1, 0.15) is 13.8 Å². The van der Waals surface area contributed by atoms with E-state index in [1.807, 2.05) is 13.8 Å². The second-order valence-electron chi connectivity index (χ2n) is 3.28. The van der Waals surface area contributed by atoms with Gasteiger partial charge >= 0.3 is 8.80 Å². The molecule has 0 aromatic heterocycles. The van der Waals surface area contributed by atoms with Gasteiger partial charge in [0.1, 0.15) is 0 Å². The summed E-state index contributed by atoms with van der Waals surface area (Å²) >= 11 is 0. The average molecular weight is 234 g/mol. The topological polar surface area (TPSA) is 36.9 Å². The largest absolute Gasteiger partial charge is 0.502 e. The van der Waals surface area contributed by atoms with Crippen LogP contribution >= 0.6 is 0 Å². The Morgan fingerprint density at radius 2 is 1.87 bits per heavy atom. The second kappa shape index (κ2) is 8.01. The van der Waals surface area contributed by atoms with E-state index in [1.54, 1.807) is 14.2 Å². The summed E-state index contributed by atoms with van der Waals surface area (Å²) in [6, 6.07) is 0.668. The first kappa shape index (κ1) is 14.8. The van der Waals surface area contributed by atoms with Crippen molar-refractivity contribution in [1.29, 1.82) is 0 Å². The van der Waals surface area contributed by atoms with Crippen LogP contribution in [0.3, 0.4) is 0 Å². The van der Waals surface area contributed by atoms with E-state index in [-0.39, 0.29) is 0 Å². The van der Waals surface area contributed by atoms with Gasteiger partial charge in [0.25, 0.3) is 0 Å². The first-order valence-electron chi connectivity index (χ1n) is 5.06. The highest BCUT2D eigenvalue weighted by Gasteiger charge is 2.38. The summed E-state index contributed by atoms with van der Waals surface area (Å²) in [4.78, 5) is 0. The van der Waals surface area contributed by atoms with Crippen LogP contribution in [-0.2, 0) is 18.0 Å². The van der Waals surface area contributed by atoms with Crippen LogP contribution in [0.5, 0.6) is 0 Å². The van der Waals surface area contributed by atoms with Gasteiger partial charge in [-0.05, 0) is 13.8 Å². The quantitative estimate of drug-likeness (QED) is 0.346. The van der Waals surface area contributed by atoms with Gasteiger partial charge in [0, 0.05) is 26.9 Å². The van der Waals surface area contributed by atoms with Gasteiger partial charge in [-0.1, -0.05) is 12.2 Å². The summed E-state index contributed by atoms with van der Waals surface area (Å²) in [5.74, 6) is 0. The molecule has 0 unspecified atom stereocenters. The minimum atomic E-state index is -2.47. The maximum atomic E-state index is 5.53. The van der Waals surface area contributed by atoms with Crippen molar-refractivity contribution < 1.29 is 18.0 Å². The molecule has 0 heterocycles. The molecule has 0 aliphatic heterocycles. The molecule has 0 radical (unpaired) electrons. The molecule has 0 saturated heterocycles. The van der Waals surface area contributed by atoms with Gasteiger partial charge in [-0.25, -0.2) is 0 Å². The molecular formula is C10H22O4Si. The van der Waals surface area contributed by atoms with E-state index in [0.717, 1.165) is 5.57 Å². The van der Waals surface area contributed by atoms with E-state index in [4.69, 9.17) is 18.0 Å². The highest BCUT2D eigenvalue weighted by Crippen LogP contribution is 2.13. The Hall–Kier alpha value is -0.203. The van der Waals surface area contributed by atoms with Crippen LogP contribution in [0.2, 0.25) is 6.04 Å². The minimum absolute atomic E-state index is 0.570. The van der Waals surface area contributed by atoms with Crippen LogP contribution < -0.4 is 0 Å². The molecule has 0 aromatic rings. The third kappa shape index (κ3) is 6.06. The molecule has 0 rings (SSSR count). The molecule has 0 aliphatic carbocycles. The lowest BCUT2D eigenvalue weighted by Crippen LogP contribution is -2.44. The molecule has 0 fully saturated rings. The summed E-state index contributed by atoms with van der Waals surface area (Å²) in [6.45, 7) is 9.35. The lowest BCUT2D eigenvalue weighted by molar-refractivity contribution is 0.0871. The number of rotatable bonds is 9. The Balaban J connectivity index is 3.89. The Morgan fingerprint density at radius 1 is 1.27 bits per heavy atom. The van der Waals surface area contributed by atoms with Crippen molar-refractivity contribution in [3.05, 3.63) is 12.2 Å². The molecule has 0 aromatic carbocycles. The van der Waals surface area contributed by atoms with Gasteiger partial charge in [0.15, 0.2) is 0 Å². The number of hydrogen-bond acceptors (Lipinski definition) is 4. The Morgan fingerprint density at radius 3 is 2.27 bits per heavy atom. The van der Waals surface area contributed by atoms with Crippen molar-refractivity contribution >= 4 is 8.80 Å². The van der Waals surface area contributed by atoms with Crippen molar-refractivity contribution in [2.75, 3.05) is 34.0 Å². The predicted octanol–water partition coefficient (Wildman–Crippen LogP) is 1.85. The second-order valence-corrected chi connectivity index (χ2v) is 6.26. The maximum Gasteiger partial charge on any atom is 0.502 e. The maximum absolute atomic E-state index is 5.53. The zero-order chi connectivity index (χ0) is 11.7. The molecule has 5 heteroatoms. The molecule has 0 aliphatic rings. The van der Waals surface area contributed by atoms with E-state index in [1.165, 1.54) is 0 Å². The zero-order valence-electron chi connectivity index (χ0n) is 10.2. The molecule has 4 nitrogen and oxygen atoms in total. The first-order chi connectivity index (χ1) is 7.10. The molecule has 0 atom stereocenters. The third-order valence-corrected chi connectivity index (χ3v) is 4.68. The number of ether oxygens (including phenoxy) is 1. The molecule has 0 N–H and O–H groups in total. The average Bonchev–Trinajstić information content (AvgIpc) is 2.22. The van der Waals surface area contributed by atoms with Gasteiger partial charge in [-0.2, -0.15) is 0 Å². The molecule has 0 saturated carbocycles. The molecule has 90 valence electrons. The van der Waals surface area contributed by atoms with E-state index in [9.17, 15) is 0 Å². The monoisotopic (exact) mass is 234 g/mol. The van der Waals surface area contributed by atoms with Crippen molar-refractivity contribution in [3.8, 4) is 0 Å². The summed E-state index contributed by atoms with van der Waals surface area (Å²) in [5.41, 5.74) is 1.01. The summed E-state index contributed by atoms with van der Waals surface area (Å²) in [6.07, 6.45) is 0. The van der Waals surface area contributed by atoms with Crippen LogP contribution in [-0.4, -0.2) is 42.8 Å². The molecule has 0 bridgehead atoms. The smallest absolute Gasteiger partial charge is 0.377 e. The van der Waals surface area contributed by atoms with Gasteiger partial charge in [-0.3, -0.25) is 0 Å². The fourth-order valence-electron chi connectivity index (χ4n) is 1.14. The van der Waals surface area contributed by atoms with Gasteiger partial charge < -0.3 is 18.0 Å². The molecule has 0 spiro atoms. The molecular weight excluding hydrogens is 212 g/mol. The van der Waals surface area contributed by atoms with Crippen LogP contribution in [0.25, 0.3) is 0 Å². The summed E-state index contributed by atoms with van der Waals surface area (Å²) < 4.78 is 21.6. The van der Waals surface area contributed by atoms with E-state index < -0.39 is 8.80 Å². The normalized spacial score (nSPS) is 11.7. The van der Waals surface area contributed by atoms with Crippen LogP contribution in [0.4, 0.5) is 0 Å². The summed E-state index contributed by atoms with van der Waals surface area (Å²) in [7, 11) is 0.760. The van der Waals surface area contributed by atoms with Crippen LogP contribution in [0, 0.1) is 0 Å². The van der Waals surface area contributed by atoms with E-state index in [0.29, 0.717) is 25.9 Å². The number of hydrogen-bond donors (Lipinski definition) is 0. The third-order valence-electron chi connectivity index (χ3n) is 1.89. The lowest BCUT2D eigenvalue weighted by Gasteiger charge is -2.25.